The summed E-state index contributed by atoms with van der Waals surface area (Å²) in [4.78, 5) is 14.7. The molecule has 0 bridgehead atoms. The van der Waals surface area contributed by atoms with Gasteiger partial charge in [-0.15, -0.1) is 0 Å². The molecule has 0 aromatic heterocycles. The Kier molecular flexibility index (Phi) is 6.67. The molecular formula is C22H28N2O2. The average molecular weight is 352 g/mol. The smallest absolute Gasteiger partial charge is 0.236 e. The second kappa shape index (κ2) is 9.39. The van der Waals surface area contributed by atoms with Crippen LogP contribution in [0.2, 0.25) is 0 Å². The topological polar surface area (TPSA) is 41.6 Å². The van der Waals surface area contributed by atoms with E-state index in [2.05, 4.69) is 29.6 Å². The molecule has 0 radical (unpaired) electrons. The van der Waals surface area contributed by atoms with Gasteiger partial charge in [0.2, 0.25) is 5.91 Å². The molecule has 2 aromatic carbocycles. The molecule has 0 saturated carbocycles. The number of ether oxygens (including phenoxy) is 1. The monoisotopic (exact) mass is 352 g/mol. The Hall–Kier alpha value is -2.33. The van der Waals surface area contributed by atoms with E-state index in [1.165, 1.54) is 12.8 Å². The summed E-state index contributed by atoms with van der Waals surface area (Å²) in [6.07, 6.45) is 4.70. The molecule has 4 nitrogen and oxygen atoms in total. The Morgan fingerprint density at radius 3 is 2.19 bits per heavy atom. The van der Waals surface area contributed by atoms with E-state index in [0.29, 0.717) is 6.54 Å². The van der Waals surface area contributed by atoms with Crippen LogP contribution in [0.25, 0.3) is 0 Å². The minimum absolute atomic E-state index is 0.0157. The second-order valence-corrected chi connectivity index (χ2v) is 6.79. The summed E-state index contributed by atoms with van der Waals surface area (Å²) in [7, 11) is 1.67. The van der Waals surface area contributed by atoms with Gasteiger partial charge in [-0.1, -0.05) is 55.3 Å². The van der Waals surface area contributed by atoms with Crippen LogP contribution in [0.15, 0.2) is 54.6 Å². The lowest BCUT2D eigenvalue weighted by atomic mass is 9.98. The number of methoxy groups -OCH3 is 1. The van der Waals surface area contributed by atoms with Crippen LogP contribution in [0.1, 0.15) is 42.9 Å². The van der Waals surface area contributed by atoms with Gasteiger partial charge in [-0.25, -0.2) is 0 Å². The van der Waals surface area contributed by atoms with Gasteiger partial charge in [0.25, 0.3) is 0 Å². The highest BCUT2D eigenvalue weighted by atomic mass is 16.5. The van der Waals surface area contributed by atoms with E-state index >= 15 is 0 Å². The van der Waals surface area contributed by atoms with E-state index in [4.69, 9.17) is 4.74 Å². The molecule has 0 spiro atoms. The maximum absolute atomic E-state index is 12.7. The molecule has 1 heterocycles. The lowest BCUT2D eigenvalue weighted by molar-refractivity contribution is -0.130. The molecule has 3 rings (SSSR count). The summed E-state index contributed by atoms with van der Waals surface area (Å²) < 4.78 is 5.26. The summed E-state index contributed by atoms with van der Waals surface area (Å²) in [6, 6.07) is 18.3. The summed E-state index contributed by atoms with van der Waals surface area (Å²) in [6.45, 7) is 2.13. The Labute approximate surface area is 156 Å². The van der Waals surface area contributed by atoms with Crippen molar-refractivity contribution < 1.29 is 9.53 Å². The fraction of sp³-hybridized carbons (Fsp3) is 0.409. The zero-order valence-electron chi connectivity index (χ0n) is 15.5. The van der Waals surface area contributed by atoms with Crippen molar-refractivity contribution in [3.05, 3.63) is 65.7 Å². The van der Waals surface area contributed by atoms with Gasteiger partial charge in [0.05, 0.1) is 19.7 Å². The van der Waals surface area contributed by atoms with E-state index in [1.807, 2.05) is 35.2 Å². The molecule has 1 saturated heterocycles. The number of hydrogen-bond acceptors (Lipinski definition) is 3. The van der Waals surface area contributed by atoms with Crippen molar-refractivity contribution >= 4 is 5.91 Å². The predicted octanol–water partition coefficient (Wildman–Crippen LogP) is 3.78. The van der Waals surface area contributed by atoms with Gasteiger partial charge in [0.15, 0.2) is 0 Å². The fourth-order valence-corrected chi connectivity index (χ4v) is 3.49. The quantitative estimate of drug-likeness (QED) is 0.860. The summed E-state index contributed by atoms with van der Waals surface area (Å²) in [5.41, 5.74) is 2.28. The van der Waals surface area contributed by atoms with Crippen LogP contribution in [0.5, 0.6) is 5.75 Å². The van der Waals surface area contributed by atoms with Crippen LogP contribution in [-0.4, -0.2) is 37.6 Å². The molecule has 1 atom stereocenters. The van der Waals surface area contributed by atoms with Crippen LogP contribution in [-0.2, 0) is 4.79 Å². The molecule has 138 valence electrons. The van der Waals surface area contributed by atoms with Gasteiger partial charge in [-0.05, 0) is 36.1 Å². The number of rotatable bonds is 6. The third kappa shape index (κ3) is 4.85. The van der Waals surface area contributed by atoms with Gasteiger partial charge < -0.3 is 9.64 Å². The van der Waals surface area contributed by atoms with Crippen molar-refractivity contribution in [2.24, 2.45) is 0 Å². The summed E-state index contributed by atoms with van der Waals surface area (Å²) in [5, 5.41) is 3.48. The third-order valence-corrected chi connectivity index (χ3v) is 5.00. The molecule has 0 unspecified atom stereocenters. The van der Waals surface area contributed by atoms with Crippen molar-refractivity contribution in [3.63, 3.8) is 0 Å². The molecule has 1 aliphatic heterocycles. The first kappa shape index (κ1) is 18.5. The normalized spacial score (nSPS) is 16.0. The molecule has 1 aliphatic rings. The number of likely N-dealkylation sites (tertiary alicyclic amines) is 1. The van der Waals surface area contributed by atoms with Crippen LogP contribution >= 0.6 is 0 Å². The number of carbonyl (C=O) groups is 1. The fourth-order valence-electron chi connectivity index (χ4n) is 3.49. The Balaban J connectivity index is 1.72. The minimum Gasteiger partial charge on any atom is -0.497 e. The SMILES string of the molecule is COc1ccc([C@H](NCC(=O)N2CCCCCC2)c2ccccc2)cc1. The molecule has 2 aromatic rings. The van der Waals surface area contributed by atoms with Gasteiger partial charge in [0.1, 0.15) is 5.75 Å². The molecule has 4 heteroatoms. The molecule has 1 N–H and O–H groups in total. The van der Waals surface area contributed by atoms with Gasteiger partial charge in [-0.2, -0.15) is 0 Å². The van der Waals surface area contributed by atoms with Crippen molar-refractivity contribution in [1.29, 1.82) is 0 Å². The van der Waals surface area contributed by atoms with Gasteiger partial charge >= 0.3 is 0 Å². The molecular weight excluding hydrogens is 324 g/mol. The van der Waals surface area contributed by atoms with E-state index in [0.717, 1.165) is 42.8 Å². The Morgan fingerprint density at radius 2 is 1.58 bits per heavy atom. The minimum atomic E-state index is -0.0157. The van der Waals surface area contributed by atoms with Crippen molar-refractivity contribution in [2.75, 3.05) is 26.7 Å². The lowest BCUT2D eigenvalue weighted by Crippen LogP contribution is -2.40. The average Bonchev–Trinajstić information content (AvgIpc) is 2.99. The molecule has 0 aliphatic carbocycles. The lowest BCUT2D eigenvalue weighted by Gasteiger charge is -2.24. The third-order valence-electron chi connectivity index (χ3n) is 5.00. The first-order chi connectivity index (χ1) is 12.8. The number of nitrogens with one attached hydrogen (secondary N) is 1. The first-order valence-corrected chi connectivity index (χ1v) is 9.48. The molecule has 26 heavy (non-hydrogen) atoms. The number of nitrogens with zero attached hydrogens (tertiary/aromatic N) is 1. The van der Waals surface area contributed by atoms with Crippen LogP contribution in [0.3, 0.4) is 0 Å². The number of carbonyl (C=O) groups excluding carboxylic acids is 1. The van der Waals surface area contributed by atoms with Crippen LogP contribution < -0.4 is 10.1 Å². The standard InChI is InChI=1S/C22H28N2O2/c1-26-20-13-11-19(12-14-20)22(18-9-5-4-6-10-18)23-17-21(25)24-15-7-2-3-8-16-24/h4-6,9-14,22-23H,2-3,7-8,15-17H2,1H3/t22-/m1/s1. The van der Waals surface area contributed by atoms with Crippen LogP contribution in [0, 0.1) is 0 Å². The van der Waals surface area contributed by atoms with Crippen molar-refractivity contribution in [1.82, 2.24) is 10.2 Å². The number of hydrogen-bond donors (Lipinski definition) is 1. The first-order valence-electron chi connectivity index (χ1n) is 9.48. The van der Waals surface area contributed by atoms with E-state index < -0.39 is 0 Å². The highest BCUT2D eigenvalue weighted by Crippen LogP contribution is 2.24. The maximum atomic E-state index is 12.7. The van der Waals surface area contributed by atoms with Gasteiger partial charge in [-0.3, -0.25) is 10.1 Å². The zero-order valence-corrected chi connectivity index (χ0v) is 15.5. The summed E-state index contributed by atoms with van der Waals surface area (Å²) in [5.74, 6) is 1.03. The maximum Gasteiger partial charge on any atom is 0.236 e. The predicted molar refractivity (Wildman–Crippen MR) is 104 cm³/mol. The Morgan fingerprint density at radius 1 is 0.962 bits per heavy atom. The van der Waals surface area contributed by atoms with Crippen LogP contribution in [0.4, 0.5) is 0 Å². The number of benzene rings is 2. The zero-order chi connectivity index (χ0) is 18.2. The summed E-state index contributed by atoms with van der Waals surface area (Å²) >= 11 is 0. The van der Waals surface area contributed by atoms with E-state index in [1.54, 1.807) is 7.11 Å². The highest BCUT2D eigenvalue weighted by molar-refractivity contribution is 5.78. The highest BCUT2D eigenvalue weighted by Gasteiger charge is 2.19. The largest absolute Gasteiger partial charge is 0.497 e. The van der Waals surface area contributed by atoms with Gasteiger partial charge in [0, 0.05) is 13.1 Å². The molecule has 1 fully saturated rings. The van der Waals surface area contributed by atoms with Crippen molar-refractivity contribution in [3.8, 4) is 5.75 Å². The van der Waals surface area contributed by atoms with E-state index in [9.17, 15) is 4.79 Å². The second-order valence-electron chi connectivity index (χ2n) is 6.79. The van der Waals surface area contributed by atoms with Crippen molar-refractivity contribution in [2.45, 2.75) is 31.7 Å². The number of amides is 1. The molecule has 1 amide bonds. The van der Waals surface area contributed by atoms with E-state index in [-0.39, 0.29) is 11.9 Å². The Bertz CT molecular complexity index is 677.